The predicted molar refractivity (Wildman–Crippen MR) is 128 cm³/mol. The Morgan fingerprint density at radius 3 is 1.79 bits per heavy atom. The van der Waals surface area contributed by atoms with Gasteiger partial charge in [0.15, 0.2) is 9.84 Å². The zero-order valence-corrected chi connectivity index (χ0v) is 20.2. The number of nitrogens with one attached hydrogen (secondary N) is 1. The second-order valence-electron chi connectivity index (χ2n) is 7.79. The molecule has 0 saturated carbocycles. The van der Waals surface area contributed by atoms with Crippen LogP contribution in [0.1, 0.15) is 0 Å². The fourth-order valence-corrected chi connectivity index (χ4v) is 8.38. The molecule has 3 aromatic carbocycles. The molecule has 0 aliphatic carbocycles. The van der Waals surface area contributed by atoms with Crippen molar-refractivity contribution in [3.63, 3.8) is 0 Å². The first kappa shape index (κ1) is 24.2. The van der Waals surface area contributed by atoms with Crippen molar-refractivity contribution in [3.05, 3.63) is 84.9 Å². The number of rotatable bonds is 7. The molecule has 12 heteroatoms. The molecule has 4 rings (SSSR count). The minimum Gasteiger partial charge on any atom is -0.390 e. The maximum absolute atomic E-state index is 13.5. The third-order valence-electron chi connectivity index (χ3n) is 5.32. The quantitative estimate of drug-likeness (QED) is 0.483. The summed E-state index contributed by atoms with van der Waals surface area (Å²) in [6.07, 6.45) is -1.42. The van der Waals surface area contributed by atoms with E-state index in [1.165, 1.54) is 60.7 Å². The first-order valence-electron chi connectivity index (χ1n) is 10.2. The highest BCUT2D eigenvalue weighted by molar-refractivity contribution is 7.93. The molecule has 0 radical (unpaired) electrons. The Labute approximate surface area is 198 Å². The number of aliphatic hydroxyl groups excluding tert-OH is 1. The molecule has 34 heavy (non-hydrogen) atoms. The molecule has 2 N–H and O–H groups in total. The number of anilines is 2. The average molecular weight is 523 g/mol. The Hall–Kier alpha value is -2.93. The number of benzene rings is 3. The van der Waals surface area contributed by atoms with Gasteiger partial charge in [-0.15, -0.1) is 0 Å². The lowest BCUT2D eigenvalue weighted by atomic mass is 10.2. The summed E-state index contributed by atoms with van der Waals surface area (Å²) in [6.45, 7) is 0. The molecule has 0 amide bonds. The summed E-state index contributed by atoms with van der Waals surface area (Å²) < 4.78 is 79.7. The lowest BCUT2D eigenvalue weighted by Gasteiger charge is -2.31. The maximum atomic E-state index is 13.5. The Bertz CT molecular complexity index is 1480. The van der Waals surface area contributed by atoms with Gasteiger partial charge in [0, 0.05) is 5.69 Å². The summed E-state index contributed by atoms with van der Waals surface area (Å²) in [5.41, 5.74) is 0.275. The minimum atomic E-state index is -4.24. The molecule has 0 bridgehead atoms. The first-order valence-corrected chi connectivity index (χ1v) is 14.9. The summed E-state index contributed by atoms with van der Waals surface area (Å²) in [5.74, 6) is -1.09. The third-order valence-corrected chi connectivity index (χ3v) is 10.3. The first-order chi connectivity index (χ1) is 16.0. The number of nitrogens with zero attached hydrogens (tertiary/aromatic N) is 1. The highest BCUT2D eigenvalue weighted by Crippen LogP contribution is 2.32. The zero-order chi connectivity index (χ0) is 24.6. The van der Waals surface area contributed by atoms with Crippen LogP contribution in [0.15, 0.2) is 94.7 Å². The molecule has 3 aromatic rings. The van der Waals surface area contributed by atoms with Gasteiger partial charge in [-0.2, -0.15) is 0 Å². The van der Waals surface area contributed by atoms with Crippen molar-refractivity contribution >= 4 is 41.3 Å². The van der Waals surface area contributed by atoms with E-state index in [2.05, 4.69) is 4.72 Å². The summed E-state index contributed by atoms with van der Waals surface area (Å²) in [5, 5.41) is 10.4. The van der Waals surface area contributed by atoms with E-state index in [0.717, 1.165) is 4.31 Å². The van der Waals surface area contributed by atoms with E-state index in [4.69, 9.17) is 0 Å². The van der Waals surface area contributed by atoms with Crippen molar-refractivity contribution in [1.29, 1.82) is 0 Å². The van der Waals surface area contributed by atoms with Crippen LogP contribution in [0.25, 0.3) is 0 Å². The van der Waals surface area contributed by atoms with Crippen LogP contribution < -0.4 is 9.03 Å². The standard InChI is InChI=1S/C22H22N2O7S3/c25-22-16-32(26,27)15-21(22)24(34(30,31)20-9-5-2-6-10-20)18-13-11-17(12-14-18)23-33(28,29)19-7-3-1-4-8-19/h1-14,21-23,25H,15-16H2/t21-,22-/m0/s1. The van der Waals surface area contributed by atoms with Gasteiger partial charge in [0.05, 0.1) is 39.1 Å². The van der Waals surface area contributed by atoms with Gasteiger partial charge in [0.25, 0.3) is 20.0 Å². The van der Waals surface area contributed by atoms with Gasteiger partial charge in [-0.05, 0) is 48.5 Å². The van der Waals surface area contributed by atoms with Gasteiger partial charge >= 0.3 is 0 Å². The van der Waals surface area contributed by atoms with Gasteiger partial charge in [-0.3, -0.25) is 9.03 Å². The van der Waals surface area contributed by atoms with E-state index in [1.807, 2.05) is 0 Å². The molecule has 0 spiro atoms. The molecular weight excluding hydrogens is 500 g/mol. The second kappa shape index (κ2) is 9.02. The Balaban J connectivity index is 1.71. The molecule has 0 unspecified atom stereocenters. The minimum absolute atomic E-state index is 0.0617. The van der Waals surface area contributed by atoms with E-state index in [9.17, 15) is 30.4 Å². The number of hydrogen-bond acceptors (Lipinski definition) is 7. The second-order valence-corrected chi connectivity index (χ2v) is 13.4. The topological polar surface area (TPSA) is 138 Å². The molecule has 1 aliphatic heterocycles. The molecule has 1 heterocycles. The number of sulfone groups is 1. The molecule has 1 aliphatic rings. The van der Waals surface area contributed by atoms with Crippen LogP contribution in [-0.4, -0.2) is 54.0 Å². The lowest BCUT2D eigenvalue weighted by molar-refractivity contribution is 0.184. The van der Waals surface area contributed by atoms with Crippen LogP contribution in [0.2, 0.25) is 0 Å². The fraction of sp³-hybridized carbons (Fsp3) is 0.182. The average Bonchev–Trinajstić information content (AvgIpc) is 3.07. The summed E-state index contributed by atoms with van der Waals surface area (Å²) in [6, 6.07) is 19.4. The van der Waals surface area contributed by atoms with E-state index < -0.39 is 53.5 Å². The molecule has 180 valence electrons. The van der Waals surface area contributed by atoms with Crippen LogP contribution in [0.5, 0.6) is 0 Å². The van der Waals surface area contributed by atoms with Crippen LogP contribution in [0.4, 0.5) is 11.4 Å². The van der Waals surface area contributed by atoms with Crippen LogP contribution in [-0.2, 0) is 29.9 Å². The number of hydrogen-bond donors (Lipinski definition) is 2. The van der Waals surface area contributed by atoms with Crippen molar-refractivity contribution < 1.29 is 30.4 Å². The van der Waals surface area contributed by atoms with Crippen molar-refractivity contribution in [1.82, 2.24) is 0 Å². The molecular formula is C22H22N2O7S3. The van der Waals surface area contributed by atoms with E-state index in [0.29, 0.717) is 0 Å². The Kier molecular flexibility index (Phi) is 6.42. The lowest BCUT2D eigenvalue weighted by Crippen LogP contribution is -2.47. The van der Waals surface area contributed by atoms with Crippen molar-refractivity contribution in [3.8, 4) is 0 Å². The SMILES string of the molecule is O=S1(=O)C[C@H](O)[C@@H](N(c2ccc(NS(=O)(=O)c3ccccc3)cc2)S(=O)(=O)c2ccccc2)C1. The summed E-state index contributed by atoms with van der Waals surface area (Å²) >= 11 is 0. The highest BCUT2D eigenvalue weighted by Gasteiger charge is 2.45. The molecule has 1 fully saturated rings. The highest BCUT2D eigenvalue weighted by atomic mass is 32.2. The normalized spacial score (nSPS) is 20.0. The van der Waals surface area contributed by atoms with Crippen LogP contribution >= 0.6 is 0 Å². The van der Waals surface area contributed by atoms with Gasteiger partial charge < -0.3 is 5.11 Å². The van der Waals surface area contributed by atoms with Crippen LogP contribution in [0.3, 0.4) is 0 Å². The summed E-state index contributed by atoms with van der Waals surface area (Å²) in [7, 11) is -11.8. The van der Waals surface area contributed by atoms with E-state index in [-0.39, 0.29) is 21.2 Å². The van der Waals surface area contributed by atoms with Gasteiger partial charge in [0.1, 0.15) is 0 Å². The third kappa shape index (κ3) is 4.94. The van der Waals surface area contributed by atoms with Crippen molar-refractivity contribution in [2.75, 3.05) is 20.5 Å². The van der Waals surface area contributed by atoms with E-state index >= 15 is 0 Å². The molecule has 9 nitrogen and oxygen atoms in total. The van der Waals surface area contributed by atoms with Crippen molar-refractivity contribution in [2.45, 2.75) is 21.9 Å². The summed E-state index contributed by atoms with van der Waals surface area (Å²) in [4.78, 5) is -0.00741. The van der Waals surface area contributed by atoms with E-state index in [1.54, 1.807) is 24.3 Å². The smallest absolute Gasteiger partial charge is 0.264 e. The number of sulfonamides is 2. The monoisotopic (exact) mass is 522 g/mol. The van der Waals surface area contributed by atoms with Crippen LogP contribution in [0, 0.1) is 0 Å². The molecule has 2 atom stereocenters. The van der Waals surface area contributed by atoms with Crippen molar-refractivity contribution in [2.24, 2.45) is 0 Å². The predicted octanol–water partition coefficient (Wildman–Crippen LogP) is 1.84. The maximum Gasteiger partial charge on any atom is 0.264 e. The van der Waals surface area contributed by atoms with Gasteiger partial charge in [-0.1, -0.05) is 36.4 Å². The van der Waals surface area contributed by atoms with Gasteiger partial charge in [0.2, 0.25) is 0 Å². The fourth-order valence-electron chi connectivity index (χ4n) is 3.74. The molecule has 1 saturated heterocycles. The Morgan fingerprint density at radius 1 is 0.765 bits per heavy atom. The largest absolute Gasteiger partial charge is 0.390 e. The molecule has 0 aromatic heterocycles. The Morgan fingerprint density at radius 2 is 1.29 bits per heavy atom. The van der Waals surface area contributed by atoms with Gasteiger partial charge in [-0.25, -0.2) is 25.3 Å². The number of aliphatic hydroxyl groups is 1. The zero-order valence-electron chi connectivity index (χ0n) is 17.7.